The van der Waals surface area contributed by atoms with Gasteiger partial charge >= 0.3 is 0 Å². The van der Waals surface area contributed by atoms with Gasteiger partial charge in [-0.15, -0.1) is 0 Å². The van der Waals surface area contributed by atoms with Crippen LogP contribution in [-0.2, 0) is 33.9 Å². The number of anilines is 2. The number of halogens is 1. The summed E-state index contributed by atoms with van der Waals surface area (Å²) in [7, 11) is 4.08. The van der Waals surface area contributed by atoms with Crippen molar-refractivity contribution in [3.8, 4) is 0 Å². The second kappa shape index (κ2) is 18.3. The summed E-state index contributed by atoms with van der Waals surface area (Å²) in [4.78, 5) is 53.2. The Hall–Kier alpha value is -5.12. The van der Waals surface area contributed by atoms with E-state index in [1.807, 2.05) is 78.5 Å². The molecule has 3 amide bonds. The van der Waals surface area contributed by atoms with Crippen molar-refractivity contribution in [2.45, 2.75) is 32.5 Å². The van der Waals surface area contributed by atoms with Crippen molar-refractivity contribution in [3.05, 3.63) is 136 Å². The maximum atomic E-state index is 14.7. The first-order valence-electron chi connectivity index (χ1n) is 18.8. The Morgan fingerprint density at radius 3 is 1.93 bits per heavy atom. The van der Waals surface area contributed by atoms with Crippen LogP contribution in [0.3, 0.4) is 0 Å². The average molecular weight is 747 g/mol. The van der Waals surface area contributed by atoms with E-state index in [4.69, 9.17) is 11.6 Å². The predicted molar refractivity (Wildman–Crippen MR) is 219 cm³/mol. The molecule has 1 atom stereocenters. The highest BCUT2D eigenvalue weighted by Crippen LogP contribution is 2.23. The van der Waals surface area contributed by atoms with Gasteiger partial charge in [0.15, 0.2) is 0 Å². The number of rotatable bonds is 12. The Bertz CT molecular complexity index is 1870. The minimum Gasteiger partial charge on any atom is -0.378 e. The Labute approximate surface area is 325 Å². The highest BCUT2D eigenvalue weighted by atomic mass is 35.5. The van der Waals surface area contributed by atoms with Gasteiger partial charge in [-0.3, -0.25) is 19.3 Å². The van der Waals surface area contributed by atoms with Gasteiger partial charge in [0, 0.05) is 115 Å². The lowest BCUT2D eigenvalue weighted by atomic mass is 10.0. The van der Waals surface area contributed by atoms with Crippen molar-refractivity contribution in [2.24, 2.45) is 0 Å². The van der Waals surface area contributed by atoms with E-state index >= 15 is 0 Å². The molecule has 4 aromatic carbocycles. The number of carbonyl (C=O) groups is 3. The van der Waals surface area contributed by atoms with Gasteiger partial charge in [-0.1, -0.05) is 78.3 Å². The SMILES string of the molecule is CC(=O)N1CCN(c2ccc(CN(C(=O)C=Cc3ccc(Cl)cc3)[C@@H](Cc3ccccc3)C(=O)N3CCN(Cc4ccc(N(C)C)cc4)CC3)cc2)CC1. The van der Waals surface area contributed by atoms with Crippen LogP contribution in [-0.4, -0.2) is 110 Å². The molecule has 4 aromatic rings. The summed E-state index contributed by atoms with van der Waals surface area (Å²) in [6.07, 6.45) is 3.75. The summed E-state index contributed by atoms with van der Waals surface area (Å²) in [5.41, 5.74) is 6.27. The minimum atomic E-state index is -0.709. The summed E-state index contributed by atoms with van der Waals surface area (Å²) >= 11 is 6.12. The number of benzene rings is 4. The van der Waals surface area contributed by atoms with Crippen molar-refractivity contribution in [1.82, 2.24) is 19.6 Å². The molecule has 0 bridgehead atoms. The molecule has 6 rings (SSSR count). The zero-order valence-electron chi connectivity index (χ0n) is 31.6. The van der Waals surface area contributed by atoms with Crippen LogP contribution in [0.1, 0.15) is 29.2 Å². The van der Waals surface area contributed by atoms with Crippen molar-refractivity contribution >= 4 is 46.8 Å². The molecule has 54 heavy (non-hydrogen) atoms. The molecular formula is C44H51ClN6O3. The van der Waals surface area contributed by atoms with E-state index in [2.05, 4.69) is 51.1 Å². The van der Waals surface area contributed by atoms with Crippen LogP contribution in [0, 0.1) is 0 Å². The van der Waals surface area contributed by atoms with Crippen LogP contribution in [0.15, 0.2) is 109 Å². The van der Waals surface area contributed by atoms with Gasteiger partial charge in [0.1, 0.15) is 6.04 Å². The molecule has 0 unspecified atom stereocenters. The highest BCUT2D eigenvalue weighted by molar-refractivity contribution is 6.30. The maximum absolute atomic E-state index is 14.7. The van der Waals surface area contributed by atoms with Gasteiger partial charge < -0.3 is 24.5 Å². The molecule has 0 N–H and O–H groups in total. The van der Waals surface area contributed by atoms with Gasteiger partial charge in [-0.05, 0) is 64.7 Å². The Balaban J connectivity index is 1.22. The first kappa shape index (κ1) is 38.6. The van der Waals surface area contributed by atoms with Crippen molar-refractivity contribution < 1.29 is 14.4 Å². The molecule has 9 nitrogen and oxygen atoms in total. The largest absolute Gasteiger partial charge is 0.378 e. The van der Waals surface area contributed by atoms with Gasteiger partial charge in [-0.25, -0.2) is 0 Å². The molecule has 2 aliphatic rings. The number of carbonyl (C=O) groups excluding carboxylic acids is 3. The third-order valence-electron chi connectivity index (χ3n) is 10.4. The van der Waals surface area contributed by atoms with Crippen molar-refractivity contribution in [2.75, 3.05) is 76.3 Å². The van der Waals surface area contributed by atoms with E-state index in [0.717, 1.165) is 55.1 Å². The van der Waals surface area contributed by atoms with E-state index in [1.54, 1.807) is 36.1 Å². The second-order valence-corrected chi connectivity index (χ2v) is 14.8. The van der Waals surface area contributed by atoms with Gasteiger partial charge in [0.05, 0.1) is 0 Å². The zero-order valence-corrected chi connectivity index (χ0v) is 32.4. The smallest absolute Gasteiger partial charge is 0.247 e. The fraction of sp³-hybridized carbons (Fsp3) is 0.341. The van der Waals surface area contributed by atoms with Crippen LogP contribution in [0.5, 0.6) is 0 Å². The summed E-state index contributed by atoms with van der Waals surface area (Å²) in [5, 5.41) is 0.625. The molecule has 0 saturated carbocycles. The number of nitrogens with zero attached hydrogens (tertiary/aromatic N) is 6. The quantitative estimate of drug-likeness (QED) is 0.164. The predicted octanol–water partition coefficient (Wildman–Crippen LogP) is 6.07. The molecule has 282 valence electrons. The first-order valence-corrected chi connectivity index (χ1v) is 19.2. The third kappa shape index (κ3) is 10.3. The number of hydrogen-bond acceptors (Lipinski definition) is 6. The van der Waals surface area contributed by atoms with E-state index in [-0.39, 0.29) is 24.3 Å². The van der Waals surface area contributed by atoms with Gasteiger partial charge in [0.2, 0.25) is 17.7 Å². The molecule has 0 spiro atoms. The zero-order chi connectivity index (χ0) is 38.0. The monoisotopic (exact) mass is 746 g/mol. The van der Waals surface area contributed by atoms with E-state index in [1.165, 1.54) is 11.3 Å². The summed E-state index contributed by atoms with van der Waals surface area (Å²) in [6, 6.07) is 33.4. The van der Waals surface area contributed by atoms with Crippen LogP contribution in [0.2, 0.25) is 5.02 Å². The second-order valence-electron chi connectivity index (χ2n) is 14.4. The van der Waals surface area contributed by atoms with E-state index in [0.29, 0.717) is 37.6 Å². The number of piperazine rings is 2. The van der Waals surface area contributed by atoms with Crippen LogP contribution < -0.4 is 9.80 Å². The normalized spacial score (nSPS) is 15.7. The summed E-state index contributed by atoms with van der Waals surface area (Å²) in [5.74, 6) is -0.169. The lowest BCUT2D eigenvalue weighted by Crippen LogP contribution is -2.56. The molecule has 0 aromatic heterocycles. The van der Waals surface area contributed by atoms with E-state index < -0.39 is 6.04 Å². The molecule has 2 aliphatic heterocycles. The molecule has 0 radical (unpaired) electrons. The first-order chi connectivity index (χ1) is 26.1. The average Bonchev–Trinajstić information content (AvgIpc) is 3.20. The van der Waals surface area contributed by atoms with Gasteiger partial charge in [0.25, 0.3) is 0 Å². The molecule has 2 heterocycles. The topological polar surface area (TPSA) is 70.6 Å². The van der Waals surface area contributed by atoms with Crippen molar-refractivity contribution in [1.29, 1.82) is 0 Å². The number of amides is 3. The Morgan fingerprint density at radius 2 is 1.31 bits per heavy atom. The molecule has 0 aliphatic carbocycles. The third-order valence-corrected chi connectivity index (χ3v) is 10.7. The Morgan fingerprint density at radius 1 is 0.704 bits per heavy atom. The maximum Gasteiger partial charge on any atom is 0.247 e. The Kier molecular flexibility index (Phi) is 13.1. The number of hydrogen-bond donors (Lipinski definition) is 0. The fourth-order valence-electron chi connectivity index (χ4n) is 7.13. The minimum absolute atomic E-state index is 0.0398. The van der Waals surface area contributed by atoms with Crippen LogP contribution >= 0.6 is 11.6 Å². The lowest BCUT2D eigenvalue weighted by Gasteiger charge is -2.39. The molecule has 2 fully saturated rings. The van der Waals surface area contributed by atoms with Crippen molar-refractivity contribution in [3.63, 3.8) is 0 Å². The summed E-state index contributed by atoms with van der Waals surface area (Å²) in [6.45, 7) is 8.33. The molecule has 10 heteroatoms. The van der Waals surface area contributed by atoms with E-state index in [9.17, 15) is 14.4 Å². The molecule has 2 saturated heterocycles. The van der Waals surface area contributed by atoms with Crippen LogP contribution in [0.25, 0.3) is 6.08 Å². The summed E-state index contributed by atoms with van der Waals surface area (Å²) < 4.78 is 0. The van der Waals surface area contributed by atoms with Gasteiger partial charge in [-0.2, -0.15) is 0 Å². The lowest BCUT2D eigenvalue weighted by molar-refractivity contribution is -0.145. The standard InChI is InChI=1S/C44H51ClN6O3/c1-34(52)48-27-29-49(30-28-48)41-20-13-38(14-21-41)33-51(43(53)22-15-35-9-16-39(45)17-10-35)42(31-36-7-5-4-6-8-36)44(54)50-25-23-47(24-26-50)32-37-11-18-40(19-12-37)46(2)3/h4-22,42H,23-33H2,1-3H3/t42-/m0/s1. The molecular weight excluding hydrogens is 696 g/mol. The highest BCUT2D eigenvalue weighted by Gasteiger charge is 2.34. The fourth-order valence-corrected chi connectivity index (χ4v) is 7.26. The van der Waals surface area contributed by atoms with Crippen LogP contribution in [0.4, 0.5) is 11.4 Å².